The molecular weight excluding hydrogens is 226 g/mol. The molecule has 1 aliphatic carbocycles. The summed E-state index contributed by atoms with van der Waals surface area (Å²) in [5.41, 5.74) is 2.68. The third-order valence-electron chi connectivity index (χ3n) is 3.93. The molecule has 0 aromatic heterocycles. The van der Waals surface area contributed by atoms with Crippen LogP contribution in [0.2, 0.25) is 0 Å². The molecule has 0 unspecified atom stereocenters. The lowest BCUT2D eigenvalue weighted by Crippen LogP contribution is -2.45. The molecule has 1 aliphatic heterocycles. The molecule has 2 aliphatic rings. The molecule has 2 fully saturated rings. The smallest absolute Gasteiger partial charge is 0.205 e. The molecule has 0 aromatic carbocycles. The van der Waals surface area contributed by atoms with Crippen LogP contribution in [0.3, 0.4) is 0 Å². The molecule has 1 saturated carbocycles. The van der Waals surface area contributed by atoms with Crippen LogP contribution in [0.5, 0.6) is 0 Å². The van der Waals surface area contributed by atoms with Crippen LogP contribution in [0, 0.1) is 0 Å². The van der Waals surface area contributed by atoms with Gasteiger partial charge in [-0.2, -0.15) is 0 Å². The second-order valence-corrected chi connectivity index (χ2v) is 5.40. The zero-order valence-corrected chi connectivity index (χ0v) is 11.3. The highest BCUT2D eigenvalue weighted by molar-refractivity contribution is 5.79. The maximum Gasteiger partial charge on any atom is 0.205 e. The van der Waals surface area contributed by atoms with Crippen LogP contribution in [-0.2, 0) is 0 Å². The van der Waals surface area contributed by atoms with Crippen LogP contribution < -0.4 is 16.6 Å². The summed E-state index contributed by atoms with van der Waals surface area (Å²) in [6, 6.07) is 0.568. The summed E-state index contributed by atoms with van der Waals surface area (Å²) < 4.78 is 0. The third-order valence-corrected chi connectivity index (χ3v) is 3.93. The molecule has 0 aromatic rings. The van der Waals surface area contributed by atoms with Crippen molar-refractivity contribution in [3.8, 4) is 0 Å². The third kappa shape index (κ3) is 4.46. The van der Waals surface area contributed by atoms with Crippen molar-refractivity contribution in [2.45, 2.75) is 51.0 Å². The highest BCUT2D eigenvalue weighted by atomic mass is 15.3. The van der Waals surface area contributed by atoms with E-state index in [1.165, 1.54) is 58.2 Å². The Balaban J connectivity index is 1.61. The molecule has 0 spiro atoms. The minimum absolute atomic E-state index is 0.568. The fraction of sp³-hybridized carbons (Fsp3) is 0.923. The second kappa shape index (κ2) is 7.59. The average Bonchev–Trinajstić information content (AvgIpc) is 3.06. The van der Waals surface area contributed by atoms with E-state index in [1.54, 1.807) is 0 Å². The second-order valence-electron chi connectivity index (χ2n) is 5.40. The first-order chi connectivity index (χ1) is 8.88. The number of aliphatic imine (C=N–C) groups is 1. The van der Waals surface area contributed by atoms with Gasteiger partial charge in [0.2, 0.25) is 5.96 Å². The number of nitrogens with one attached hydrogen (secondary N) is 2. The number of hydrogen-bond acceptors (Lipinski definition) is 3. The van der Waals surface area contributed by atoms with Gasteiger partial charge in [0, 0.05) is 12.6 Å². The van der Waals surface area contributed by atoms with Crippen LogP contribution >= 0.6 is 0 Å². The minimum atomic E-state index is 0.568. The maximum atomic E-state index is 5.50. The number of nitrogens with zero attached hydrogens (tertiary/aromatic N) is 2. The van der Waals surface area contributed by atoms with E-state index in [0.717, 1.165) is 18.9 Å². The number of nitrogens with two attached hydrogens (primary N) is 1. The monoisotopic (exact) mass is 253 g/mol. The van der Waals surface area contributed by atoms with Gasteiger partial charge in [-0.05, 0) is 51.7 Å². The summed E-state index contributed by atoms with van der Waals surface area (Å²) in [6.45, 7) is 4.57. The zero-order valence-electron chi connectivity index (χ0n) is 11.3. The van der Waals surface area contributed by atoms with E-state index in [1.807, 2.05) is 0 Å². The molecule has 18 heavy (non-hydrogen) atoms. The quantitative estimate of drug-likeness (QED) is 0.223. The number of hydrogen-bond donors (Lipinski definition) is 3. The Kier molecular flexibility index (Phi) is 5.74. The Morgan fingerprint density at radius 2 is 1.89 bits per heavy atom. The van der Waals surface area contributed by atoms with Gasteiger partial charge in [0.15, 0.2) is 0 Å². The summed E-state index contributed by atoms with van der Waals surface area (Å²) >= 11 is 0. The molecule has 0 radical (unpaired) electrons. The van der Waals surface area contributed by atoms with Crippen LogP contribution in [0.15, 0.2) is 4.99 Å². The van der Waals surface area contributed by atoms with Gasteiger partial charge in [0.1, 0.15) is 0 Å². The SMILES string of the molecule is NNC(=NCCCN1CCCC1)NC1CCCC1. The summed E-state index contributed by atoms with van der Waals surface area (Å²) in [7, 11) is 0. The van der Waals surface area contributed by atoms with Gasteiger partial charge < -0.3 is 10.2 Å². The van der Waals surface area contributed by atoms with Gasteiger partial charge in [-0.15, -0.1) is 0 Å². The highest BCUT2D eigenvalue weighted by Gasteiger charge is 2.15. The molecule has 0 bridgehead atoms. The molecule has 1 heterocycles. The molecular formula is C13H27N5. The van der Waals surface area contributed by atoms with Crippen LogP contribution in [0.4, 0.5) is 0 Å². The lowest BCUT2D eigenvalue weighted by molar-refractivity contribution is 0.336. The molecule has 5 nitrogen and oxygen atoms in total. The zero-order chi connectivity index (χ0) is 12.6. The summed E-state index contributed by atoms with van der Waals surface area (Å²) in [5, 5.41) is 3.39. The largest absolute Gasteiger partial charge is 0.353 e. The van der Waals surface area contributed by atoms with Gasteiger partial charge in [-0.1, -0.05) is 12.8 Å². The van der Waals surface area contributed by atoms with Gasteiger partial charge >= 0.3 is 0 Å². The minimum Gasteiger partial charge on any atom is -0.353 e. The van der Waals surface area contributed by atoms with Crippen molar-refractivity contribution in [3.05, 3.63) is 0 Å². The van der Waals surface area contributed by atoms with Crippen molar-refractivity contribution in [1.29, 1.82) is 0 Å². The van der Waals surface area contributed by atoms with E-state index < -0.39 is 0 Å². The predicted octanol–water partition coefficient (Wildman–Crippen LogP) is 0.824. The predicted molar refractivity (Wildman–Crippen MR) is 75.3 cm³/mol. The lowest BCUT2D eigenvalue weighted by atomic mass is 10.2. The Morgan fingerprint density at radius 1 is 1.17 bits per heavy atom. The van der Waals surface area contributed by atoms with Crippen molar-refractivity contribution in [2.24, 2.45) is 10.8 Å². The van der Waals surface area contributed by atoms with Crippen LogP contribution in [-0.4, -0.2) is 43.1 Å². The summed E-state index contributed by atoms with van der Waals surface area (Å²) in [5.74, 6) is 6.27. The first-order valence-electron chi connectivity index (χ1n) is 7.38. The highest BCUT2D eigenvalue weighted by Crippen LogP contribution is 2.17. The number of likely N-dealkylation sites (tertiary alicyclic amines) is 1. The lowest BCUT2D eigenvalue weighted by Gasteiger charge is -2.16. The van der Waals surface area contributed by atoms with Crippen molar-refractivity contribution in [1.82, 2.24) is 15.6 Å². The van der Waals surface area contributed by atoms with Gasteiger partial charge in [-0.3, -0.25) is 10.4 Å². The van der Waals surface area contributed by atoms with Crippen LogP contribution in [0.1, 0.15) is 44.9 Å². The topological polar surface area (TPSA) is 65.7 Å². The molecule has 2 rings (SSSR count). The Bertz CT molecular complexity index is 254. The van der Waals surface area contributed by atoms with E-state index in [2.05, 4.69) is 20.6 Å². The van der Waals surface area contributed by atoms with E-state index in [-0.39, 0.29) is 0 Å². The fourth-order valence-corrected chi connectivity index (χ4v) is 2.89. The first-order valence-corrected chi connectivity index (χ1v) is 7.38. The van der Waals surface area contributed by atoms with E-state index in [4.69, 9.17) is 5.84 Å². The molecule has 0 atom stereocenters. The summed E-state index contributed by atoms with van der Waals surface area (Å²) in [4.78, 5) is 7.03. The average molecular weight is 253 g/mol. The Labute approximate surface area is 110 Å². The van der Waals surface area contributed by atoms with Gasteiger partial charge in [-0.25, -0.2) is 5.84 Å². The Morgan fingerprint density at radius 3 is 2.56 bits per heavy atom. The number of hydrazine groups is 1. The molecule has 5 heteroatoms. The fourth-order valence-electron chi connectivity index (χ4n) is 2.89. The first kappa shape index (κ1) is 13.6. The van der Waals surface area contributed by atoms with Gasteiger partial charge in [0.25, 0.3) is 0 Å². The number of rotatable bonds is 5. The van der Waals surface area contributed by atoms with E-state index in [0.29, 0.717) is 6.04 Å². The maximum absolute atomic E-state index is 5.50. The van der Waals surface area contributed by atoms with Crippen molar-refractivity contribution < 1.29 is 0 Å². The Hall–Kier alpha value is -0.810. The normalized spacial score (nSPS) is 22.6. The van der Waals surface area contributed by atoms with E-state index in [9.17, 15) is 0 Å². The van der Waals surface area contributed by atoms with Gasteiger partial charge in [0.05, 0.1) is 0 Å². The van der Waals surface area contributed by atoms with Crippen LogP contribution in [0.25, 0.3) is 0 Å². The van der Waals surface area contributed by atoms with E-state index >= 15 is 0 Å². The van der Waals surface area contributed by atoms with Crippen molar-refractivity contribution in [3.63, 3.8) is 0 Å². The molecule has 4 N–H and O–H groups in total. The molecule has 104 valence electrons. The molecule has 0 amide bonds. The van der Waals surface area contributed by atoms with Crippen molar-refractivity contribution in [2.75, 3.05) is 26.2 Å². The standard InChI is InChI=1S/C13H27N5/c14-17-13(16-12-6-1-2-7-12)15-8-5-11-18-9-3-4-10-18/h12H,1-11,14H2,(H2,15,16,17). The molecule has 1 saturated heterocycles. The number of guanidine groups is 1. The summed E-state index contributed by atoms with van der Waals surface area (Å²) in [6.07, 6.45) is 8.99. The van der Waals surface area contributed by atoms with Crippen molar-refractivity contribution >= 4 is 5.96 Å².